The molecule has 382 valence electrons. The van der Waals surface area contributed by atoms with Gasteiger partial charge in [0.25, 0.3) is 0 Å². The average molecular weight is 984 g/mol. The molecule has 3 aromatic carbocycles. The highest BCUT2D eigenvalue weighted by molar-refractivity contribution is 6.15. The van der Waals surface area contributed by atoms with Gasteiger partial charge in [-0.1, -0.05) is 85.7 Å². The van der Waals surface area contributed by atoms with Crippen molar-refractivity contribution < 1.29 is 51.9 Å². The van der Waals surface area contributed by atoms with E-state index in [1.54, 1.807) is 34.5 Å². The number of aliphatic hydroxyl groups is 2. The van der Waals surface area contributed by atoms with Gasteiger partial charge in [0.05, 0.1) is 41.2 Å². The predicted molar refractivity (Wildman–Crippen MR) is 265 cm³/mol. The number of fused-ring (bicyclic) bond motifs is 10. The standard InChI is InChI=1S/C33H41F3O5.C23H34O3.CH3Cl/c1-29(2)24-12-14-31(4)25(17-20-16-22(39-5)18-23(40-6)27(20)31)30(24,3)15-13-26(29)41-28(38)32(19-37,33(34,35)36)21-10-8-7-9-11-21;1-21(2)17-7-9-23(4)18(22(17,3)10-8-19(21)24)12-14-11-15(25-5)13-16(26-6)20(14)23;1-2/h7-11,16,18,24-26,37H,12-15,17,19H2,1-6H3;11,13,17-19,24H,7-10,12H2,1-6H3;1H3/t24-,25+,26-,30-,31+,32-;17-,18+,19-,22-,23+;/m11./s1. The van der Waals surface area contributed by atoms with Gasteiger partial charge in [-0.15, -0.1) is 11.6 Å². The predicted octanol–water partition coefficient (Wildman–Crippen LogP) is 12.4. The first-order valence-corrected chi connectivity index (χ1v) is 25.6. The summed E-state index contributed by atoms with van der Waals surface area (Å²) in [6, 6.07) is 15.2. The molecule has 6 aliphatic rings. The van der Waals surface area contributed by atoms with E-state index in [-0.39, 0.29) is 50.6 Å². The Balaban J connectivity index is 0.000000215. The fourth-order valence-electron chi connectivity index (χ4n) is 16.3. The van der Waals surface area contributed by atoms with Gasteiger partial charge in [0.1, 0.15) is 29.1 Å². The molecule has 11 atom stereocenters. The third-order valence-corrected chi connectivity index (χ3v) is 19.8. The van der Waals surface area contributed by atoms with Crippen LogP contribution in [0.1, 0.15) is 135 Å². The lowest BCUT2D eigenvalue weighted by Crippen LogP contribution is -2.61. The molecule has 8 nitrogen and oxygen atoms in total. The van der Waals surface area contributed by atoms with Gasteiger partial charge < -0.3 is 33.9 Å². The summed E-state index contributed by atoms with van der Waals surface area (Å²) in [6.07, 6.45) is 4.81. The fraction of sp³-hybridized carbons (Fsp3) is 0.667. The lowest BCUT2D eigenvalue weighted by atomic mass is 9.43. The highest BCUT2D eigenvalue weighted by atomic mass is 35.5. The second-order valence-corrected chi connectivity index (χ2v) is 23.3. The number of esters is 1. The fourth-order valence-corrected chi connectivity index (χ4v) is 16.3. The summed E-state index contributed by atoms with van der Waals surface area (Å²) in [7, 11) is 6.84. The molecule has 0 amide bonds. The number of carbonyl (C=O) groups is 1. The molecule has 0 aliphatic heterocycles. The van der Waals surface area contributed by atoms with E-state index in [0.717, 1.165) is 67.9 Å². The van der Waals surface area contributed by atoms with Crippen molar-refractivity contribution in [3.63, 3.8) is 0 Å². The molecule has 6 aliphatic carbocycles. The number of hydrogen-bond acceptors (Lipinski definition) is 8. The smallest absolute Gasteiger partial charge is 0.411 e. The minimum absolute atomic E-state index is 0.00905. The molecule has 12 heteroatoms. The molecule has 9 rings (SSSR count). The van der Waals surface area contributed by atoms with E-state index in [1.165, 1.54) is 65.7 Å². The second kappa shape index (κ2) is 18.7. The molecule has 4 saturated carbocycles. The second-order valence-electron chi connectivity index (χ2n) is 23.3. The highest BCUT2D eigenvalue weighted by Crippen LogP contribution is 2.70. The summed E-state index contributed by atoms with van der Waals surface area (Å²) in [5, 5.41) is 20.8. The SMILES string of the molecule is CCl.COc1cc2c(c(OC)c1)[C@@]1(C)CC[C@@H]3C(C)(C)[C@H](O)CC[C@@]3(C)[C@@H]1C2.COc1cc2c(c(OC)c1)[C@@]1(C)CC[C@@H]3C(C)(C)[C@H](OC(=O)[C@@](CO)(c4ccccc4)C(F)(F)F)CC[C@@]3(C)[C@@H]1C2. The van der Waals surface area contributed by atoms with Crippen molar-refractivity contribution in [1.82, 2.24) is 0 Å². The zero-order valence-electron chi connectivity index (χ0n) is 43.3. The quantitative estimate of drug-likeness (QED) is 0.170. The molecule has 4 fully saturated rings. The molecule has 0 radical (unpaired) electrons. The van der Waals surface area contributed by atoms with Crippen molar-refractivity contribution in [2.24, 2.45) is 45.3 Å². The Bertz CT molecular complexity index is 2350. The largest absolute Gasteiger partial charge is 0.497 e. The molecule has 0 aromatic heterocycles. The zero-order valence-corrected chi connectivity index (χ0v) is 44.1. The topological polar surface area (TPSA) is 104 Å². The van der Waals surface area contributed by atoms with E-state index in [0.29, 0.717) is 18.3 Å². The maximum Gasteiger partial charge on any atom is 0.411 e. The van der Waals surface area contributed by atoms with E-state index in [9.17, 15) is 28.2 Å². The van der Waals surface area contributed by atoms with Gasteiger partial charge in [0.2, 0.25) is 5.41 Å². The summed E-state index contributed by atoms with van der Waals surface area (Å²) >= 11 is 4.64. The number of benzene rings is 3. The first-order chi connectivity index (χ1) is 32.4. The minimum atomic E-state index is -5.03. The summed E-state index contributed by atoms with van der Waals surface area (Å²) in [5.74, 6) is 3.61. The van der Waals surface area contributed by atoms with E-state index < -0.39 is 35.7 Å². The first-order valence-electron chi connectivity index (χ1n) is 24.9. The van der Waals surface area contributed by atoms with Crippen molar-refractivity contribution in [2.45, 2.75) is 154 Å². The molecule has 69 heavy (non-hydrogen) atoms. The maximum absolute atomic E-state index is 14.5. The molecule has 0 unspecified atom stereocenters. The summed E-state index contributed by atoms with van der Waals surface area (Å²) in [6.45, 7) is 16.8. The number of aliphatic hydroxyl groups excluding tert-OH is 2. The van der Waals surface area contributed by atoms with Crippen LogP contribution in [0.2, 0.25) is 0 Å². The van der Waals surface area contributed by atoms with Crippen LogP contribution in [0.4, 0.5) is 13.2 Å². The van der Waals surface area contributed by atoms with Crippen LogP contribution in [0.25, 0.3) is 0 Å². The Labute approximate surface area is 414 Å². The van der Waals surface area contributed by atoms with Crippen LogP contribution in [0.5, 0.6) is 23.0 Å². The zero-order chi connectivity index (χ0) is 50.9. The number of ether oxygens (including phenoxy) is 5. The van der Waals surface area contributed by atoms with Crippen molar-refractivity contribution in [1.29, 1.82) is 0 Å². The number of alkyl halides is 4. The van der Waals surface area contributed by atoms with E-state index in [4.69, 9.17) is 23.7 Å². The molecular formula is C57H78ClF3O8. The normalized spacial score (nSPS) is 34.1. The van der Waals surface area contributed by atoms with Crippen LogP contribution in [0, 0.1) is 45.3 Å². The number of halogens is 4. The number of methoxy groups -OCH3 is 4. The van der Waals surface area contributed by atoms with Gasteiger partial charge in [-0.3, -0.25) is 4.79 Å². The van der Waals surface area contributed by atoms with Crippen molar-refractivity contribution in [3.05, 3.63) is 82.4 Å². The number of rotatable bonds is 8. The van der Waals surface area contributed by atoms with Crippen LogP contribution < -0.4 is 18.9 Å². The molecule has 3 aromatic rings. The van der Waals surface area contributed by atoms with Gasteiger partial charge in [-0.25, -0.2) is 0 Å². The Hall–Kier alpha value is -3.67. The van der Waals surface area contributed by atoms with Gasteiger partial charge in [-0.2, -0.15) is 13.2 Å². The lowest BCUT2D eigenvalue weighted by Gasteiger charge is -2.62. The Morgan fingerprint density at radius 1 is 0.638 bits per heavy atom. The monoisotopic (exact) mass is 983 g/mol. The van der Waals surface area contributed by atoms with Crippen LogP contribution in [-0.4, -0.2) is 76.0 Å². The van der Waals surface area contributed by atoms with E-state index >= 15 is 0 Å². The van der Waals surface area contributed by atoms with Gasteiger partial charge in [0.15, 0.2) is 0 Å². The highest BCUT2D eigenvalue weighted by Gasteiger charge is 2.67. The van der Waals surface area contributed by atoms with Crippen LogP contribution in [-0.2, 0) is 38.6 Å². The molecule has 0 spiro atoms. The third kappa shape index (κ3) is 8.04. The van der Waals surface area contributed by atoms with E-state index in [2.05, 4.69) is 71.3 Å². The van der Waals surface area contributed by atoms with Gasteiger partial charge >= 0.3 is 12.1 Å². The van der Waals surface area contributed by atoms with Gasteiger partial charge in [-0.05, 0) is 133 Å². The van der Waals surface area contributed by atoms with Crippen LogP contribution in [0.15, 0.2) is 54.6 Å². The Morgan fingerprint density at radius 2 is 1.09 bits per heavy atom. The Kier molecular flexibility index (Phi) is 14.4. The minimum Gasteiger partial charge on any atom is -0.497 e. The average Bonchev–Trinajstić information content (AvgIpc) is 3.81. The number of carbonyl (C=O) groups excluding carboxylic acids is 1. The first kappa shape index (κ1) is 53.1. The molecule has 0 bridgehead atoms. The molecule has 0 heterocycles. The molecule has 2 N–H and O–H groups in total. The molecule has 0 saturated heterocycles. The maximum atomic E-state index is 14.5. The van der Waals surface area contributed by atoms with Gasteiger partial charge in [0, 0.05) is 45.9 Å². The van der Waals surface area contributed by atoms with Crippen molar-refractivity contribution in [3.8, 4) is 23.0 Å². The van der Waals surface area contributed by atoms with Crippen molar-refractivity contribution in [2.75, 3.05) is 41.4 Å². The lowest BCUT2D eigenvalue weighted by molar-refractivity contribution is -0.230. The third-order valence-electron chi connectivity index (χ3n) is 19.8. The summed E-state index contributed by atoms with van der Waals surface area (Å²) < 4.78 is 72.2. The number of hydrogen-bond donors (Lipinski definition) is 2. The van der Waals surface area contributed by atoms with Crippen LogP contribution in [0.3, 0.4) is 0 Å². The van der Waals surface area contributed by atoms with Crippen LogP contribution >= 0.6 is 11.6 Å². The molecular weight excluding hydrogens is 905 g/mol. The summed E-state index contributed by atoms with van der Waals surface area (Å²) in [4.78, 5) is 13.5. The summed E-state index contributed by atoms with van der Waals surface area (Å²) in [5.41, 5.74) is 1.38. The van der Waals surface area contributed by atoms with Crippen molar-refractivity contribution >= 4 is 17.6 Å². The Morgan fingerprint density at radius 3 is 1.51 bits per heavy atom. The van der Waals surface area contributed by atoms with E-state index in [1.807, 2.05) is 19.9 Å².